The zero-order chi connectivity index (χ0) is 19.9. The topological polar surface area (TPSA) is 76.2 Å². The van der Waals surface area contributed by atoms with Crippen LogP contribution in [-0.4, -0.2) is 77.1 Å². The van der Waals surface area contributed by atoms with E-state index in [4.69, 9.17) is 21.1 Å². The molecule has 0 radical (unpaired) electrons. The molecular weight excluding hydrogens is 392 g/mol. The van der Waals surface area contributed by atoms with Crippen molar-refractivity contribution < 1.29 is 22.7 Å². The first-order valence-electron chi connectivity index (χ1n) is 8.92. The van der Waals surface area contributed by atoms with Crippen LogP contribution in [0.2, 0.25) is 5.02 Å². The van der Waals surface area contributed by atoms with Crippen LogP contribution in [0.5, 0.6) is 0 Å². The van der Waals surface area contributed by atoms with Gasteiger partial charge in [0.25, 0.3) is 0 Å². The fraction of sp³-hybridized carbons (Fsp3) is 0.611. The average Bonchev–Trinajstić information content (AvgIpc) is 2.68. The Balaban J connectivity index is 1.98. The van der Waals surface area contributed by atoms with Crippen molar-refractivity contribution in [2.24, 2.45) is 5.92 Å². The lowest BCUT2D eigenvalue weighted by Gasteiger charge is -2.33. The molecule has 152 valence electrons. The molecule has 2 rings (SSSR count). The van der Waals surface area contributed by atoms with Gasteiger partial charge in [-0.2, -0.15) is 4.31 Å². The molecule has 1 aromatic carbocycles. The van der Waals surface area contributed by atoms with E-state index >= 15 is 0 Å². The molecule has 1 heterocycles. The van der Waals surface area contributed by atoms with Gasteiger partial charge in [-0.05, 0) is 37.1 Å². The summed E-state index contributed by atoms with van der Waals surface area (Å²) in [5, 5.41) is 0.491. The van der Waals surface area contributed by atoms with Crippen molar-refractivity contribution in [1.29, 1.82) is 0 Å². The van der Waals surface area contributed by atoms with Gasteiger partial charge in [-0.3, -0.25) is 4.79 Å². The third-order valence-corrected chi connectivity index (χ3v) is 6.86. The summed E-state index contributed by atoms with van der Waals surface area (Å²) in [6, 6.07) is 6.14. The van der Waals surface area contributed by atoms with Crippen molar-refractivity contribution in [2.45, 2.75) is 17.7 Å². The van der Waals surface area contributed by atoms with Gasteiger partial charge in [0, 0.05) is 51.3 Å². The number of hydrogen-bond donors (Lipinski definition) is 0. The van der Waals surface area contributed by atoms with Crippen LogP contribution >= 0.6 is 11.6 Å². The highest BCUT2D eigenvalue weighted by Gasteiger charge is 2.33. The number of halogens is 1. The Morgan fingerprint density at radius 1 is 1.11 bits per heavy atom. The monoisotopic (exact) mass is 418 g/mol. The van der Waals surface area contributed by atoms with Gasteiger partial charge in [0.05, 0.1) is 18.1 Å². The largest absolute Gasteiger partial charge is 0.383 e. The van der Waals surface area contributed by atoms with Gasteiger partial charge in [0.1, 0.15) is 0 Å². The average molecular weight is 419 g/mol. The summed E-state index contributed by atoms with van der Waals surface area (Å²) >= 11 is 5.84. The van der Waals surface area contributed by atoms with E-state index in [1.165, 1.54) is 16.4 Å². The Morgan fingerprint density at radius 2 is 1.63 bits per heavy atom. The number of carbonyl (C=O) groups is 1. The normalized spacial score (nSPS) is 16.4. The smallest absolute Gasteiger partial charge is 0.243 e. The van der Waals surface area contributed by atoms with E-state index in [1.807, 2.05) is 0 Å². The van der Waals surface area contributed by atoms with Gasteiger partial charge >= 0.3 is 0 Å². The molecule has 0 aromatic heterocycles. The van der Waals surface area contributed by atoms with E-state index < -0.39 is 10.0 Å². The molecule has 9 heteroatoms. The van der Waals surface area contributed by atoms with E-state index in [1.54, 1.807) is 31.3 Å². The van der Waals surface area contributed by atoms with Gasteiger partial charge in [0.2, 0.25) is 15.9 Å². The van der Waals surface area contributed by atoms with Crippen LogP contribution in [0.25, 0.3) is 0 Å². The van der Waals surface area contributed by atoms with E-state index in [2.05, 4.69) is 0 Å². The number of carbonyl (C=O) groups excluding carboxylic acids is 1. The van der Waals surface area contributed by atoms with Crippen molar-refractivity contribution in [1.82, 2.24) is 9.21 Å². The summed E-state index contributed by atoms with van der Waals surface area (Å²) in [5.74, 6) is -0.150. The summed E-state index contributed by atoms with van der Waals surface area (Å²) < 4.78 is 37.1. The number of piperidine rings is 1. The number of nitrogens with zero attached hydrogens (tertiary/aromatic N) is 2. The molecule has 0 bridgehead atoms. The highest BCUT2D eigenvalue weighted by molar-refractivity contribution is 7.89. The first-order valence-corrected chi connectivity index (χ1v) is 10.7. The summed E-state index contributed by atoms with van der Waals surface area (Å²) in [6.07, 6.45) is 1.00. The Kier molecular flexibility index (Phi) is 8.50. The molecule has 1 aromatic rings. The number of ether oxygens (including phenoxy) is 2. The quantitative estimate of drug-likeness (QED) is 0.611. The molecule has 0 aliphatic carbocycles. The Hall–Kier alpha value is -1.19. The predicted octanol–water partition coefficient (Wildman–Crippen LogP) is 1.86. The van der Waals surface area contributed by atoms with Crippen LogP contribution in [-0.2, 0) is 24.3 Å². The minimum atomic E-state index is -3.57. The summed E-state index contributed by atoms with van der Waals surface area (Å²) in [5.41, 5.74) is 0. The molecule has 1 saturated heterocycles. The molecule has 0 spiro atoms. The predicted molar refractivity (Wildman–Crippen MR) is 103 cm³/mol. The molecule has 1 fully saturated rings. The molecule has 0 saturated carbocycles. The van der Waals surface area contributed by atoms with E-state index in [0.717, 1.165) is 0 Å². The van der Waals surface area contributed by atoms with Crippen LogP contribution in [0.4, 0.5) is 0 Å². The molecule has 1 aliphatic rings. The number of hydrogen-bond acceptors (Lipinski definition) is 5. The first kappa shape index (κ1) is 22.1. The van der Waals surface area contributed by atoms with Crippen LogP contribution in [0.15, 0.2) is 29.2 Å². The Bertz CT molecular complexity index is 695. The second-order valence-electron chi connectivity index (χ2n) is 6.44. The summed E-state index contributed by atoms with van der Waals surface area (Å²) in [6.45, 7) is 2.57. The number of benzene rings is 1. The van der Waals surface area contributed by atoms with Gasteiger partial charge in [-0.25, -0.2) is 8.42 Å². The minimum absolute atomic E-state index is 0.0349. The first-order chi connectivity index (χ1) is 12.9. The second-order valence-corrected chi connectivity index (χ2v) is 8.82. The molecule has 7 nitrogen and oxygen atoms in total. The van der Waals surface area contributed by atoms with Gasteiger partial charge < -0.3 is 14.4 Å². The van der Waals surface area contributed by atoms with Gasteiger partial charge in [0.15, 0.2) is 0 Å². The summed E-state index contributed by atoms with van der Waals surface area (Å²) in [7, 11) is -0.374. The highest BCUT2D eigenvalue weighted by atomic mass is 35.5. The van der Waals surface area contributed by atoms with Crippen LogP contribution in [0.3, 0.4) is 0 Å². The third kappa shape index (κ3) is 5.89. The number of rotatable bonds is 9. The van der Waals surface area contributed by atoms with Crippen molar-refractivity contribution in [2.75, 3.05) is 53.6 Å². The number of sulfonamides is 1. The lowest BCUT2D eigenvalue weighted by atomic mass is 9.96. The molecule has 27 heavy (non-hydrogen) atoms. The highest BCUT2D eigenvalue weighted by Crippen LogP contribution is 2.26. The van der Waals surface area contributed by atoms with E-state index in [9.17, 15) is 13.2 Å². The van der Waals surface area contributed by atoms with Crippen LogP contribution in [0, 0.1) is 5.92 Å². The maximum Gasteiger partial charge on any atom is 0.243 e. The molecule has 0 unspecified atom stereocenters. The van der Waals surface area contributed by atoms with Crippen LogP contribution < -0.4 is 0 Å². The fourth-order valence-electron chi connectivity index (χ4n) is 3.09. The van der Waals surface area contributed by atoms with Gasteiger partial charge in [-0.15, -0.1) is 0 Å². The molecule has 1 amide bonds. The number of methoxy groups -OCH3 is 2. The minimum Gasteiger partial charge on any atom is -0.383 e. The molecular formula is C18H27ClN2O5S. The molecule has 0 N–H and O–H groups in total. The Labute approximate surface area is 166 Å². The van der Waals surface area contributed by atoms with E-state index in [0.29, 0.717) is 57.3 Å². The SMILES string of the molecule is COCCN(CCOC)C(=O)C1CCN(S(=O)(=O)c2ccc(Cl)cc2)CC1. The van der Waals surface area contributed by atoms with Crippen molar-refractivity contribution >= 4 is 27.5 Å². The fourth-order valence-corrected chi connectivity index (χ4v) is 4.69. The second kappa shape index (κ2) is 10.4. The van der Waals surface area contributed by atoms with Crippen molar-refractivity contribution in [3.05, 3.63) is 29.3 Å². The molecule has 1 aliphatic heterocycles. The van der Waals surface area contributed by atoms with Crippen molar-refractivity contribution in [3.8, 4) is 0 Å². The van der Waals surface area contributed by atoms with E-state index in [-0.39, 0.29) is 16.7 Å². The summed E-state index contributed by atoms with van der Waals surface area (Å²) in [4.78, 5) is 14.8. The maximum absolute atomic E-state index is 12.8. The lowest BCUT2D eigenvalue weighted by Crippen LogP contribution is -2.46. The van der Waals surface area contributed by atoms with Gasteiger partial charge in [-0.1, -0.05) is 11.6 Å². The third-order valence-electron chi connectivity index (χ3n) is 4.70. The zero-order valence-corrected chi connectivity index (χ0v) is 17.3. The molecule has 0 atom stereocenters. The van der Waals surface area contributed by atoms with Crippen LogP contribution in [0.1, 0.15) is 12.8 Å². The van der Waals surface area contributed by atoms with Crippen molar-refractivity contribution in [3.63, 3.8) is 0 Å². The maximum atomic E-state index is 12.8. The Morgan fingerprint density at radius 3 is 2.11 bits per heavy atom. The zero-order valence-electron chi connectivity index (χ0n) is 15.8. The standard InChI is InChI=1S/C18H27ClN2O5S/c1-25-13-11-20(12-14-26-2)18(22)15-7-9-21(10-8-15)27(23,24)17-5-3-16(19)4-6-17/h3-6,15H,7-14H2,1-2H3. The number of amides is 1. The lowest BCUT2D eigenvalue weighted by molar-refractivity contribution is -0.138.